The van der Waals surface area contributed by atoms with Gasteiger partial charge in [0.15, 0.2) is 5.82 Å². The van der Waals surface area contributed by atoms with Crippen LogP contribution in [0.25, 0.3) is 22.5 Å². The molecule has 0 saturated heterocycles. The molecular formula is C23H28N8. The number of hydrogen-bond acceptors (Lipinski definition) is 6. The maximum atomic E-state index is 4.84. The molecule has 0 saturated carbocycles. The van der Waals surface area contributed by atoms with E-state index in [1.165, 1.54) is 5.56 Å². The zero-order chi connectivity index (χ0) is 21.8. The molecule has 8 nitrogen and oxygen atoms in total. The van der Waals surface area contributed by atoms with Gasteiger partial charge in [0, 0.05) is 29.8 Å². The summed E-state index contributed by atoms with van der Waals surface area (Å²) < 4.78 is 2.06. The molecule has 0 spiro atoms. The Morgan fingerprint density at radius 3 is 2.52 bits per heavy atom. The molecule has 31 heavy (non-hydrogen) atoms. The lowest BCUT2D eigenvalue weighted by atomic mass is 9.96. The van der Waals surface area contributed by atoms with Gasteiger partial charge in [-0.05, 0) is 34.4 Å². The van der Waals surface area contributed by atoms with Gasteiger partial charge in [0.2, 0.25) is 5.82 Å². The van der Waals surface area contributed by atoms with Crippen LogP contribution in [0.4, 0.5) is 0 Å². The first-order valence-electron chi connectivity index (χ1n) is 10.7. The fourth-order valence-corrected chi connectivity index (χ4v) is 3.40. The van der Waals surface area contributed by atoms with Crippen molar-refractivity contribution < 1.29 is 0 Å². The monoisotopic (exact) mass is 416 g/mol. The third-order valence-electron chi connectivity index (χ3n) is 5.18. The number of nitrogens with one attached hydrogen (secondary N) is 1. The highest BCUT2D eigenvalue weighted by Gasteiger charge is 2.21. The molecule has 0 aliphatic rings. The number of unbranched alkanes of at least 4 members (excludes halogenated alkanes) is 1. The zero-order valence-electron chi connectivity index (χ0n) is 18.5. The van der Waals surface area contributed by atoms with Gasteiger partial charge in [-0.3, -0.25) is 4.98 Å². The fourth-order valence-electron chi connectivity index (χ4n) is 3.40. The van der Waals surface area contributed by atoms with Crippen LogP contribution in [-0.2, 0) is 18.4 Å². The zero-order valence-corrected chi connectivity index (χ0v) is 18.5. The van der Waals surface area contributed by atoms with E-state index in [9.17, 15) is 0 Å². The van der Waals surface area contributed by atoms with Gasteiger partial charge in [0.25, 0.3) is 0 Å². The smallest absolute Gasteiger partial charge is 0.206 e. The van der Waals surface area contributed by atoms with Crippen LogP contribution >= 0.6 is 0 Å². The molecular weight excluding hydrogens is 388 g/mol. The lowest BCUT2D eigenvalue weighted by Crippen LogP contribution is -2.14. The lowest BCUT2D eigenvalue weighted by Gasteiger charge is -2.12. The summed E-state index contributed by atoms with van der Waals surface area (Å²) in [7, 11) is 0. The number of pyridine rings is 1. The number of H-pyrrole nitrogens is 1. The van der Waals surface area contributed by atoms with Crippen LogP contribution < -0.4 is 0 Å². The van der Waals surface area contributed by atoms with Gasteiger partial charge in [0.1, 0.15) is 5.82 Å². The van der Waals surface area contributed by atoms with Gasteiger partial charge < -0.3 is 0 Å². The molecule has 1 aromatic carbocycles. The molecule has 0 aliphatic heterocycles. The third-order valence-corrected chi connectivity index (χ3v) is 5.18. The lowest BCUT2D eigenvalue weighted by molar-refractivity contribution is 0.532. The summed E-state index contributed by atoms with van der Waals surface area (Å²) in [6.45, 7) is 9.37. The minimum Gasteiger partial charge on any atom is -0.264 e. The second-order valence-electron chi connectivity index (χ2n) is 8.72. The number of hydrogen-bond donors (Lipinski definition) is 1. The molecule has 8 heteroatoms. The second-order valence-corrected chi connectivity index (χ2v) is 8.72. The first-order valence-corrected chi connectivity index (χ1v) is 10.7. The van der Waals surface area contributed by atoms with Crippen LogP contribution in [0, 0.1) is 0 Å². The molecule has 0 amide bonds. The maximum absolute atomic E-state index is 4.84. The van der Waals surface area contributed by atoms with Crippen LogP contribution in [0.1, 0.15) is 57.7 Å². The molecule has 0 unspecified atom stereocenters. The van der Waals surface area contributed by atoms with E-state index in [2.05, 4.69) is 82.3 Å². The van der Waals surface area contributed by atoms with Gasteiger partial charge in [-0.15, -0.1) is 10.2 Å². The highest BCUT2D eigenvalue weighted by atomic mass is 15.5. The van der Waals surface area contributed by atoms with Crippen LogP contribution in [0.5, 0.6) is 0 Å². The average Bonchev–Trinajstić information content (AvgIpc) is 3.43. The molecule has 0 atom stereocenters. The highest BCUT2D eigenvalue weighted by Crippen LogP contribution is 2.29. The number of nitrogens with zero attached hydrogens (tertiary/aromatic N) is 7. The molecule has 160 valence electrons. The van der Waals surface area contributed by atoms with Gasteiger partial charge in [-0.25, -0.2) is 9.67 Å². The summed E-state index contributed by atoms with van der Waals surface area (Å²) in [6, 6.07) is 10.5. The predicted octanol–water partition coefficient (Wildman–Crippen LogP) is 4.21. The van der Waals surface area contributed by atoms with E-state index >= 15 is 0 Å². The Hall–Kier alpha value is -3.42. The quantitative estimate of drug-likeness (QED) is 0.485. The number of aromatic nitrogens is 8. The minimum atomic E-state index is -0.0665. The predicted molar refractivity (Wildman–Crippen MR) is 119 cm³/mol. The van der Waals surface area contributed by atoms with Crippen molar-refractivity contribution in [1.82, 2.24) is 40.4 Å². The first kappa shape index (κ1) is 20.8. The summed E-state index contributed by atoms with van der Waals surface area (Å²) in [5.41, 5.74) is 4.05. The van der Waals surface area contributed by atoms with E-state index in [-0.39, 0.29) is 5.41 Å². The van der Waals surface area contributed by atoms with E-state index in [1.807, 2.05) is 6.07 Å². The third kappa shape index (κ3) is 4.68. The Morgan fingerprint density at radius 1 is 1.03 bits per heavy atom. The standard InChI is InChI=1S/C23H28N8/c1-5-6-7-20-25-22(23(2,3)4)28-31(20)15-16-8-10-17(11-9-16)18-12-13-24-14-19(18)21-26-29-30-27-21/h8-14H,5-7,15H2,1-4H3,(H,26,27,29,30). The second kappa shape index (κ2) is 8.75. The fraction of sp³-hybridized carbons (Fsp3) is 0.391. The maximum Gasteiger partial charge on any atom is 0.206 e. The topological polar surface area (TPSA) is 98.1 Å². The SMILES string of the molecule is CCCCc1nc(C(C)(C)C)nn1Cc1ccc(-c2ccncc2-c2nn[nH]n2)cc1. The van der Waals surface area contributed by atoms with Crippen molar-refractivity contribution in [3.8, 4) is 22.5 Å². The molecule has 3 aromatic heterocycles. The number of aromatic amines is 1. The number of aryl methyl sites for hydroxylation is 1. The molecule has 0 radical (unpaired) electrons. The largest absolute Gasteiger partial charge is 0.264 e. The van der Waals surface area contributed by atoms with Crippen molar-refractivity contribution in [2.45, 2.75) is 58.9 Å². The van der Waals surface area contributed by atoms with E-state index in [1.54, 1.807) is 12.4 Å². The summed E-state index contributed by atoms with van der Waals surface area (Å²) in [4.78, 5) is 9.06. The van der Waals surface area contributed by atoms with Crippen molar-refractivity contribution in [3.63, 3.8) is 0 Å². The van der Waals surface area contributed by atoms with Crippen molar-refractivity contribution in [1.29, 1.82) is 0 Å². The van der Waals surface area contributed by atoms with Gasteiger partial charge in [0.05, 0.1) is 6.54 Å². The number of rotatable bonds is 7. The van der Waals surface area contributed by atoms with Crippen LogP contribution in [0.15, 0.2) is 42.7 Å². The van der Waals surface area contributed by atoms with Crippen molar-refractivity contribution in [3.05, 3.63) is 59.9 Å². The average molecular weight is 417 g/mol. The summed E-state index contributed by atoms with van der Waals surface area (Å²) in [6.07, 6.45) is 6.74. The molecule has 0 bridgehead atoms. The van der Waals surface area contributed by atoms with Gasteiger partial charge in [-0.2, -0.15) is 10.3 Å². The normalized spacial score (nSPS) is 11.7. The Balaban J connectivity index is 1.60. The molecule has 0 fully saturated rings. The van der Waals surface area contributed by atoms with Gasteiger partial charge >= 0.3 is 0 Å². The molecule has 4 aromatic rings. The van der Waals surface area contributed by atoms with E-state index < -0.39 is 0 Å². The van der Waals surface area contributed by atoms with Crippen molar-refractivity contribution in [2.75, 3.05) is 0 Å². The Kier molecular flexibility index (Phi) is 5.88. The van der Waals surface area contributed by atoms with Crippen LogP contribution in [0.3, 0.4) is 0 Å². The summed E-state index contributed by atoms with van der Waals surface area (Å²) in [5.74, 6) is 2.49. The highest BCUT2D eigenvalue weighted by molar-refractivity contribution is 5.79. The Labute approximate surface area is 182 Å². The van der Waals surface area contributed by atoms with E-state index in [4.69, 9.17) is 10.1 Å². The van der Waals surface area contributed by atoms with Gasteiger partial charge in [-0.1, -0.05) is 58.4 Å². The van der Waals surface area contributed by atoms with Crippen LogP contribution in [-0.4, -0.2) is 40.4 Å². The first-order chi connectivity index (χ1) is 15.0. The summed E-state index contributed by atoms with van der Waals surface area (Å²) in [5, 5.41) is 19.2. The van der Waals surface area contributed by atoms with Crippen molar-refractivity contribution >= 4 is 0 Å². The Morgan fingerprint density at radius 2 is 1.84 bits per heavy atom. The number of tetrazole rings is 1. The molecule has 4 rings (SSSR count). The number of benzene rings is 1. The minimum absolute atomic E-state index is 0.0665. The molecule has 3 heterocycles. The molecule has 0 aliphatic carbocycles. The molecule has 1 N–H and O–H groups in total. The summed E-state index contributed by atoms with van der Waals surface area (Å²) >= 11 is 0. The Bertz CT molecular complexity index is 1120. The van der Waals surface area contributed by atoms with E-state index in [0.717, 1.165) is 47.6 Å². The van der Waals surface area contributed by atoms with Crippen LogP contribution in [0.2, 0.25) is 0 Å². The van der Waals surface area contributed by atoms with Crippen molar-refractivity contribution in [2.24, 2.45) is 0 Å². The van der Waals surface area contributed by atoms with E-state index in [0.29, 0.717) is 12.4 Å².